The maximum atomic E-state index is 11.2. The molecule has 4 aromatic carbocycles. The largest absolute Gasteiger partial charge is 0.481 e. The molecule has 0 saturated carbocycles. The maximum absolute atomic E-state index is 11.2. The molecule has 4 aromatic rings. The first-order chi connectivity index (χ1) is 47.7. The van der Waals surface area contributed by atoms with E-state index in [-0.39, 0.29) is 37.3 Å². The highest BCUT2D eigenvalue weighted by Crippen LogP contribution is 2.40. The lowest BCUT2D eigenvalue weighted by Crippen LogP contribution is -2.67. The second-order valence-corrected chi connectivity index (χ2v) is 39.0. The third kappa shape index (κ3) is 44.1. The molecule has 2 atom stereocenters. The topological polar surface area (TPSA) is 152 Å². The number of methoxy groups -OCH3 is 1. The number of carbonyl (C=O) groups is 3. The molecule has 0 amide bonds. The zero-order valence-corrected chi connectivity index (χ0v) is 67.5. The molecule has 578 valence electrons. The fourth-order valence-electron chi connectivity index (χ4n) is 13.2. The second kappa shape index (κ2) is 61.7. The number of hydrogen-bond donors (Lipinski definition) is 1. The predicted octanol–water partition coefficient (Wildman–Crippen LogP) is 23.3. The Morgan fingerprint density at radius 3 is 0.881 bits per heavy atom. The summed E-state index contributed by atoms with van der Waals surface area (Å²) < 4.78 is 47.5. The van der Waals surface area contributed by atoms with Gasteiger partial charge in [0, 0.05) is 31.5 Å². The van der Waals surface area contributed by atoms with Crippen LogP contribution in [0.1, 0.15) is 334 Å². The van der Waals surface area contributed by atoms with Crippen molar-refractivity contribution < 1.29 is 49.9 Å². The Morgan fingerprint density at radius 1 is 0.406 bits per heavy atom. The molecule has 0 aliphatic heterocycles. The van der Waals surface area contributed by atoms with E-state index < -0.39 is 33.0 Å². The summed E-state index contributed by atoms with van der Waals surface area (Å²) in [4.78, 5) is 31.1. The van der Waals surface area contributed by atoms with Crippen molar-refractivity contribution >= 4 is 66.0 Å². The first kappa shape index (κ1) is 98.5. The van der Waals surface area contributed by atoms with Crippen molar-refractivity contribution in [3.63, 3.8) is 0 Å². The quantitative estimate of drug-likeness (QED) is 0.0148. The van der Waals surface area contributed by atoms with Crippen molar-refractivity contribution in [2.45, 2.75) is 356 Å². The molecule has 2 unspecified atom stereocenters. The van der Waals surface area contributed by atoms with Crippen molar-refractivity contribution in [1.29, 1.82) is 0 Å². The summed E-state index contributed by atoms with van der Waals surface area (Å²) in [6, 6.07) is 44.7. The van der Waals surface area contributed by atoms with Crippen LogP contribution in [0.25, 0.3) is 0 Å². The Labute approximate surface area is 623 Å². The number of rotatable bonds is 53. The zero-order valence-electron chi connectivity index (χ0n) is 64.7. The molecule has 0 aliphatic carbocycles. The smallest absolute Gasteiger partial charge is 0.399 e. The second-order valence-electron chi connectivity index (χ2n) is 29.0. The van der Waals surface area contributed by atoms with E-state index in [9.17, 15) is 22.8 Å². The molecule has 11 nitrogen and oxygen atoms in total. The van der Waals surface area contributed by atoms with Gasteiger partial charge in [-0.1, -0.05) is 384 Å². The Balaban J connectivity index is 0. The van der Waals surface area contributed by atoms with E-state index >= 15 is 0 Å². The van der Waals surface area contributed by atoms with Gasteiger partial charge >= 0.3 is 22.3 Å². The van der Waals surface area contributed by atoms with Gasteiger partial charge in [0.05, 0.1) is 21.3 Å². The minimum atomic E-state index is -3.66. The van der Waals surface area contributed by atoms with E-state index in [1.165, 1.54) is 233 Å². The summed E-state index contributed by atoms with van der Waals surface area (Å²) in [6.07, 6.45) is 54.8. The third-order valence-corrected chi connectivity index (χ3v) is 29.9. The molecule has 0 aliphatic rings. The number of benzene rings is 4. The molecule has 101 heavy (non-hydrogen) atoms. The molecule has 0 aromatic heterocycles. The van der Waals surface area contributed by atoms with Gasteiger partial charge in [0.1, 0.15) is 6.29 Å². The highest BCUT2D eigenvalue weighted by atomic mass is 32.3. The predicted molar refractivity (Wildman–Crippen MR) is 438 cm³/mol. The number of ether oxygens (including phenoxy) is 1. The van der Waals surface area contributed by atoms with E-state index in [1.54, 1.807) is 6.92 Å². The van der Waals surface area contributed by atoms with Crippen LogP contribution in [0, 0.1) is 0 Å². The Morgan fingerprint density at radius 2 is 0.653 bits per heavy atom. The molecular formula is C87H150O11SSi2. The zero-order chi connectivity index (χ0) is 73.2. The van der Waals surface area contributed by atoms with Crippen molar-refractivity contribution in [3.05, 3.63) is 133 Å². The van der Waals surface area contributed by atoms with E-state index in [2.05, 4.69) is 197 Å². The number of aldehydes is 1. The number of allylic oxidation sites excluding steroid dienone is 2. The number of carboxylic acid groups (broad SMARTS) is 1. The molecule has 1 N–H and O–H groups in total. The van der Waals surface area contributed by atoms with E-state index in [0.717, 1.165) is 52.6 Å². The number of carboxylic acids is 1. The van der Waals surface area contributed by atoms with Crippen LogP contribution >= 0.6 is 0 Å². The van der Waals surface area contributed by atoms with Gasteiger partial charge < -0.3 is 23.5 Å². The summed E-state index contributed by atoms with van der Waals surface area (Å²) in [5, 5.41) is 13.3. The van der Waals surface area contributed by atoms with Gasteiger partial charge in [0.15, 0.2) is 0 Å². The molecule has 14 heteroatoms. The summed E-state index contributed by atoms with van der Waals surface area (Å²) in [5.74, 6) is -0.826. The van der Waals surface area contributed by atoms with Crippen LogP contribution in [-0.2, 0) is 46.7 Å². The Bertz CT molecular complexity index is 2590. The monoisotopic (exact) mass is 1460 g/mol. The highest BCUT2D eigenvalue weighted by molar-refractivity contribution is 7.81. The van der Waals surface area contributed by atoms with Gasteiger partial charge in [-0.2, -0.15) is 8.42 Å². The number of aliphatic carboxylic acids is 1. The molecule has 0 fully saturated rings. The number of esters is 1. The van der Waals surface area contributed by atoms with Gasteiger partial charge in [0.25, 0.3) is 16.6 Å². The van der Waals surface area contributed by atoms with Crippen molar-refractivity contribution in [2.75, 3.05) is 21.3 Å². The minimum absolute atomic E-state index is 0. The lowest BCUT2D eigenvalue weighted by atomic mass is 10.0. The van der Waals surface area contributed by atoms with Gasteiger partial charge in [-0.15, -0.1) is 0 Å². The molecule has 0 heterocycles. The first-order valence-corrected chi connectivity index (χ1v) is 44.2. The van der Waals surface area contributed by atoms with Crippen LogP contribution in [0.15, 0.2) is 133 Å². The molecule has 4 rings (SSSR count). The Hall–Kier alpha value is -4.55. The molecule has 0 spiro atoms. The molecule has 0 radical (unpaired) electrons. The summed E-state index contributed by atoms with van der Waals surface area (Å²) in [7, 11) is -5.19. The van der Waals surface area contributed by atoms with Crippen LogP contribution < -0.4 is 20.7 Å². The maximum Gasteiger partial charge on any atom is 0.399 e. The van der Waals surface area contributed by atoms with Crippen LogP contribution in [0.5, 0.6) is 0 Å². The van der Waals surface area contributed by atoms with Crippen LogP contribution in [0.2, 0.25) is 10.1 Å². The number of carbonyl (C=O) groups excluding carboxylic acids is 2. The molecule has 0 saturated heterocycles. The highest BCUT2D eigenvalue weighted by Gasteiger charge is 2.52. The van der Waals surface area contributed by atoms with E-state index in [1.807, 2.05) is 0 Å². The van der Waals surface area contributed by atoms with Gasteiger partial charge in [0.2, 0.25) is 0 Å². The third-order valence-electron chi connectivity index (χ3n) is 18.9. The number of hydrogen-bond acceptors (Lipinski definition) is 10. The standard InChI is InChI=1S/C45H74O3Si.C35H56O2Si.C3H6O2.C2H6O4S.2CH4/c1-6-7-8-9-19-22-27-34-41(48-49(45(2,3)4,42-36-29-25-30-37-42)43-38-31-26-32-39-43)35-28-23-20-17-15-13-11-10-12-14-16-18-21-24-33-40-44(46)47-5;1-5-6-7-8-10-13-18-25-32(26-19-14-11-9-12-15-24-31-36)37-38(35(2,3)4,33-27-20-16-21-28-33)34-29-22-17-23-30-34;1-2-3(4)5;1-5-7(3,4)6-2;;/h10,12,25-26,29-32,36-39,41H,6-9,11,13-24,27-28,33-35,40H2,1-5H3;16-17,20-23,27-32H,5-15,18-19,24-26H2,1-4H3;2H2,1H3,(H,4,5);1-2H3;2*1H4/b12-10-;;;;;. The van der Waals surface area contributed by atoms with Gasteiger partial charge in [-0.05, 0) is 95.0 Å². The summed E-state index contributed by atoms with van der Waals surface area (Å²) >= 11 is 0. The molecular weight excluding hydrogens is 1310 g/mol. The van der Waals surface area contributed by atoms with Crippen LogP contribution in [0.3, 0.4) is 0 Å². The fourth-order valence-corrected chi connectivity index (χ4v) is 22.8. The lowest BCUT2D eigenvalue weighted by molar-refractivity contribution is -0.140. The van der Waals surface area contributed by atoms with Gasteiger partial charge in [-0.3, -0.25) is 18.0 Å². The summed E-state index contributed by atoms with van der Waals surface area (Å²) in [5.41, 5.74) is 0. The van der Waals surface area contributed by atoms with E-state index in [4.69, 9.17) is 18.7 Å². The van der Waals surface area contributed by atoms with Crippen molar-refractivity contribution in [2.24, 2.45) is 0 Å². The summed E-state index contributed by atoms with van der Waals surface area (Å²) in [6.45, 7) is 20.6. The van der Waals surface area contributed by atoms with Crippen LogP contribution in [0.4, 0.5) is 0 Å². The SMILES string of the molecule is C.C.CCC(=O)O.CCCCCCCCCC(CCCCCCCC/C=C\CCCCCCCC(=O)OC)O[Si](c1ccccc1)(c1ccccc1)C(C)(C)C.CCCCCCCCCC(CCCCCCCCC=O)O[Si](c1ccccc1)(c1ccccc1)C(C)(C)C.COS(=O)(=O)OC. The average molecular weight is 1460 g/mol. The number of unbranched alkanes of at least 4 members (excludes halogenated alkanes) is 29. The average Bonchev–Trinajstić information content (AvgIpc) is 0.755. The van der Waals surface area contributed by atoms with Gasteiger partial charge in [-0.25, -0.2) is 0 Å². The Kier molecular flexibility index (Phi) is 60.2. The fraction of sp³-hybridized carbons (Fsp3) is 0.667. The van der Waals surface area contributed by atoms with Crippen LogP contribution in [-0.4, -0.2) is 81.9 Å². The van der Waals surface area contributed by atoms with Crippen molar-refractivity contribution in [3.8, 4) is 0 Å². The normalized spacial score (nSPS) is 12.3. The molecule has 0 bridgehead atoms. The minimum Gasteiger partial charge on any atom is -0.481 e. The first-order valence-electron chi connectivity index (χ1n) is 39.0. The van der Waals surface area contributed by atoms with Crippen molar-refractivity contribution in [1.82, 2.24) is 0 Å². The lowest BCUT2D eigenvalue weighted by Gasteiger charge is -2.45. The van der Waals surface area contributed by atoms with E-state index in [0.29, 0.717) is 25.0 Å².